The van der Waals surface area contributed by atoms with Crippen LogP contribution in [0.4, 0.5) is 0 Å². The van der Waals surface area contributed by atoms with E-state index in [1.165, 1.54) is 31.2 Å². The van der Waals surface area contributed by atoms with E-state index in [2.05, 4.69) is 16.4 Å². The van der Waals surface area contributed by atoms with Gasteiger partial charge in [-0.25, -0.2) is 4.98 Å². The molecule has 1 N–H and O–H groups in total. The van der Waals surface area contributed by atoms with Crippen LogP contribution in [0.2, 0.25) is 0 Å². The van der Waals surface area contributed by atoms with E-state index in [9.17, 15) is 5.26 Å². The highest BCUT2D eigenvalue weighted by Gasteiger charge is 2.17. The number of hydrogen-bond acceptors (Lipinski definition) is 4. The fourth-order valence-electron chi connectivity index (χ4n) is 3.30. The van der Waals surface area contributed by atoms with Gasteiger partial charge in [-0.3, -0.25) is 0 Å². The normalized spacial score (nSPS) is 21.4. The summed E-state index contributed by atoms with van der Waals surface area (Å²) < 4.78 is 5.84. The molecule has 3 rings (SSSR count). The second-order valence-electron chi connectivity index (χ2n) is 6.12. The van der Waals surface area contributed by atoms with Crippen LogP contribution in [-0.2, 0) is 12.8 Å². The third-order valence-corrected chi connectivity index (χ3v) is 4.55. The van der Waals surface area contributed by atoms with Gasteiger partial charge < -0.3 is 10.1 Å². The van der Waals surface area contributed by atoms with Crippen molar-refractivity contribution in [3.63, 3.8) is 0 Å². The SMILES string of the molecule is N#Cc1cc2c(nc1OCCC1CCCNC1)CCCC2. The first-order chi connectivity index (χ1) is 10.4. The summed E-state index contributed by atoms with van der Waals surface area (Å²) in [6, 6.07) is 4.22. The van der Waals surface area contributed by atoms with E-state index >= 15 is 0 Å². The van der Waals surface area contributed by atoms with Gasteiger partial charge in [-0.15, -0.1) is 0 Å². The average molecular weight is 285 g/mol. The largest absolute Gasteiger partial charge is 0.477 e. The summed E-state index contributed by atoms with van der Waals surface area (Å²) in [7, 11) is 0. The van der Waals surface area contributed by atoms with Gasteiger partial charge >= 0.3 is 0 Å². The van der Waals surface area contributed by atoms with Gasteiger partial charge in [-0.2, -0.15) is 5.26 Å². The second-order valence-corrected chi connectivity index (χ2v) is 6.12. The lowest BCUT2D eigenvalue weighted by Crippen LogP contribution is -2.30. The van der Waals surface area contributed by atoms with Crippen LogP contribution in [0, 0.1) is 17.2 Å². The Bertz CT molecular complexity index is 530. The van der Waals surface area contributed by atoms with Crippen LogP contribution < -0.4 is 10.1 Å². The molecule has 2 aliphatic rings. The van der Waals surface area contributed by atoms with Crippen LogP contribution in [0.3, 0.4) is 0 Å². The van der Waals surface area contributed by atoms with Crippen molar-refractivity contribution in [2.75, 3.05) is 19.7 Å². The van der Waals surface area contributed by atoms with E-state index < -0.39 is 0 Å². The molecule has 1 unspecified atom stereocenters. The van der Waals surface area contributed by atoms with Crippen LogP contribution in [0.15, 0.2) is 6.07 Å². The fourth-order valence-corrected chi connectivity index (χ4v) is 3.30. The number of hydrogen-bond donors (Lipinski definition) is 1. The van der Waals surface area contributed by atoms with Crippen LogP contribution >= 0.6 is 0 Å². The highest BCUT2D eigenvalue weighted by Crippen LogP contribution is 2.26. The standard InChI is InChI=1S/C17H23N3O/c18-11-15-10-14-5-1-2-6-16(14)20-17(15)21-9-7-13-4-3-8-19-12-13/h10,13,19H,1-9,12H2. The number of ether oxygens (including phenoxy) is 1. The molecule has 1 fully saturated rings. The summed E-state index contributed by atoms with van der Waals surface area (Å²) in [5.41, 5.74) is 2.97. The average Bonchev–Trinajstić information content (AvgIpc) is 2.55. The van der Waals surface area contributed by atoms with Crippen molar-refractivity contribution < 1.29 is 4.74 Å². The Morgan fingerprint density at radius 2 is 2.24 bits per heavy atom. The zero-order valence-electron chi connectivity index (χ0n) is 12.5. The predicted molar refractivity (Wildman–Crippen MR) is 81.3 cm³/mol. The maximum atomic E-state index is 9.29. The van der Waals surface area contributed by atoms with Crippen LogP contribution in [0.5, 0.6) is 5.88 Å². The Balaban J connectivity index is 1.62. The Labute approximate surface area is 126 Å². The van der Waals surface area contributed by atoms with Crippen LogP contribution in [-0.4, -0.2) is 24.7 Å². The van der Waals surface area contributed by atoms with Crippen molar-refractivity contribution in [3.8, 4) is 11.9 Å². The third kappa shape index (κ3) is 3.54. The van der Waals surface area contributed by atoms with Gasteiger partial charge in [-0.05, 0) is 75.6 Å². The first-order valence-electron chi connectivity index (χ1n) is 8.13. The zero-order chi connectivity index (χ0) is 14.5. The van der Waals surface area contributed by atoms with Gasteiger partial charge in [0.2, 0.25) is 5.88 Å². The van der Waals surface area contributed by atoms with Crippen molar-refractivity contribution in [3.05, 3.63) is 22.9 Å². The lowest BCUT2D eigenvalue weighted by molar-refractivity contribution is 0.246. The smallest absolute Gasteiger partial charge is 0.231 e. The molecule has 0 amide bonds. The minimum Gasteiger partial charge on any atom is -0.477 e. The molecule has 0 saturated carbocycles. The van der Waals surface area contributed by atoms with Crippen molar-refractivity contribution in [1.29, 1.82) is 5.26 Å². The van der Waals surface area contributed by atoms with Gasteiger partial charge in [-0.1, -0.05) is 0 Å². The quantitative estimate of drug-likeness (QED) is 0.924. The summed E-state index contributed by atoms with van der Waals surface area (Å²) >= 11 is 0. The number of piperidine rings is 1. The Hall–Kier alpha value is -1.60. The molecule has 0 radical (unpaired) electrons. The Morgan fingerprint density at radius 3 is 3.05 bits per heavy atom. The summed E-state index contributed by atoms with van der Waals surface area (Å²) in [4.78, 5) is 4.61. The molecular formula is C17H23N3O. The molecule has 2 heterocycles. The summed E-state index contributed by atoms with van der Waals surface area (Å²) in [6.07, 6.45) is 8.03. The number of aromatic nitrogens is 1. The molecule has 0 bridgehead atoms. The number of fused-ring (bicyclic) bond motifs is 1. The fraction of sp³-hybridized carbons (Fsp3) is 0.647. The summed E-state index contributed by atoms with van der Waals surface area (Å²) in [5.74, 6) is 1.24. The molecule has 1 aromatic heterocycles. The summed E-state index contributed by atoms with van der Waals surface area (Å²) in [6.45, 7) is 2.89. The lowest BCUT2D eigenvalue weighted by atomic mass is 9.95. The molecule has 1 aliphatic heterocycles. The highest BCUT2D eigenvalue weighted by molar-refractivity contribution is 5.43. The van der Waals surface area contributed by atoms with Gasteiger partial charge in [0.1, 0.15) is 11.6 Å². The van der Waals surface area contributed by atoms with E-state index in [4.69, 9.17) is 4.74 Å². The van der Waals surface area contributed by atoms with Gasteiger partial charge in [0.25, 0.3) is 0 Å². The molecule has 112 valence electrons. The lowest BCUT2D eigenvalue weighted by Gasteiger charge is -2.22. The zero-order valence-corrected chi connectivity index (χ0v) is 12.5. The maximum absolute atomic E-state index is 9.29. The van der Waals surface area contributed by atoms with Crippen LogP contribution in [0.1, 0.15) is 48.9 Å². The number of nitriles is 1. The Morgan fingerprint density at radius 1 is 1.33 bits per heavy atom. The van der Waals surface area contributed by atoms with Crippen molar-refractivity contribution in [2.24, 2.45) is 5.92 Å². The van der Waals surface area contributed by atoms with E-state index in [-0.39, 0.29) is 0 Å². The van der Waals surface area contributed by atoms with E-state index in [1.807, 2.05) is 6.07 Å². The van der Waals surface area contributed by atoms with E-state index in [0.717, 1.165) is 38.0 Å². The molecule has 1 aromatic rings. The van der Waals surface area contributed by atoms with Gasteiger partial charge in [0, 0.05) is 5.69 Å². The first kappa shape index (κ1) is 14.3. The number of rotatable bonds is 4. The molecule has 0 spiro atoms. The monoisotopic (exact) mass is 285 g/mol. The predicted octanol–water partition coefficient (Wildman–Crippen LogP) is 2.60. The van der Waals surface area contributed by atoms with E-state index in [1.54, 1.807) is 0 Å². The maximum Gasteiger partial charge on any atom is 0.231 e. The molecule has 1 saturated heterocycles. The number of nitrogens with one attached hydrogen (secondary N) is 1. The van der Waals surface area contributed by atoms with Crippen molar-refractivity contribution in [1.82, 2.24) is 10.3 Å². The molecule has 1 atom stereocenters. The second kappa shape index (κ2) is 6.91. The molecular weight excluding hydrogens is 262 g/mol. The third-order valence-electron chi connectivity index (χ3n) is 4.55. The summed E-state index contributed by atoms with van der Waals surface area (Å²) in [5, 5.41) is 12.7. The van der Waals surface area contributed by atoms with Gasteiger partial charge in [0.05, 0.1) is 6.61 Å². The topological polar surface area (TPSA) is 57.9 Å². The van der Waals surface area contributed by atoms with Gasteiger partial charge in [0.15, 0.2) is 0 Å². The Kier molecular flexibility index (Phi) is 4.72. The molecule has 0 aromatic carbocycles. The molecule has 21 heavy (non-hydrogen) atoms. The number of nitrogens with zero attached hydrogens (tertiary/aromatic N) is 2. The first-order valence-corrected chi connectivity index (χ1v) is 8.13. The number of pyridine rings is 1. The highest BCUT2D eigenvalue weighted by atomic mass is 16.5. The minimum absolute atomic E-state index is 0.543. The van der Waals surface area contributed by atoms with Crippen molar-refractivity contribution >= 4 is 0 Å². The number of aryl methyl sites for hydroxylation is 2. The minimum atomic E-state index is 0.543. The molecule has 4 nitrogen and oxygen atoms in total. The molecule has 4 heteroatoms. The van der Waals surface area contributed by atoms with Crippen LogP contribution in [0.25, 0.3) is 0 Å². The molecule has 1 aliphatic carbocycles. The van der Waals surface area contributed by atoms with Crippen molar-refractivity contribution in [2.45, 2.75) is 44.9 Å². The van der Waals surface area contributed by atoms with E-state index in [0.29, 0.717) is 24.0 Å².